The molecule has 1 aliphatic rings. The van der Waals surface area contributed by atoms with Gasteiger partial charge in [-0.1, -0.05) is 12.1 Å². The number of hydrogen-bond donors (Lipinski definition) is 2. The molecular formula is C18H18FNO3. The van der Waals surface area contributed by atoms with E-state index in [-0.39, 0.29) is 11.7 Å². The fourth-order valence-corrected chi connectivity index (χ4v) is 2.65. The molecule has 2 N–H and O–H groups in total. The lowest BCUT2D eigenvalue weighted by Crippen LogP contribution is -2.37. The first-order chi connectivity index (χ1) is 11.0. The van der Waals surface area contributed by atoms with Crippen molar-refractivity contribution in [3.8, 4) is 5.75 Å². The molecule has 2 aromatic carbocycles. The third-order valence-corrected chi connectivity index (χ3v) is 4.00. The van der Waals surface area contributed by atoms with E-state index in [0.717, 1.165) is 17.7 Å². The van der Waals surface area contributed by atoms with Gasteiger partial charge in [0, 0.05) is 12.0 Å². The number of carbonyl (C=O) groups is 1. The third kappa shape index (κ3) is 3.35. The lowest BCUT2D eigenvalue weighted by molar-refractivity contribution is 0.0852. The van der Waals surface area contributed by atoms with Crippen LogP contribution in [0.15, 0.2) is 42.5 Å². The first-order valence-corrected chi connectivity index (χ1v) is 7.55. The number of amides is 1. The number of fused-ring (bicyclic) bond motifs is 1. The molecule has 2 atom stereocenters. The predicted molar refractivity (Wildman–Crippen MR) is 83.9 cm³/mol. The van der Waals surface area contributed by atoms with Gasteiger partial charge in [0.1, 0.15) is 11.6 Å². The summed E-state index contributed by atoms with van der Waals surface area (Å²) in [5.74, 6) is 0.201. The molecule has 1 heterocycles. The first-order valence-electron chi connectivity index (χ1n) is 7.55. The summed E-state index contributed by atoms with van der Waals surface area (Å²) < 4.78 is 18.3. The third-order valence-electron chi connectivity index (χ3n) is 4.00. The minimum Gasteiger partial charge on any atom is -0.493 e. The number of benzene rings is 2. The molecular weight excluding hydrogens is 297 g/mol. The summed E-state index contributed by atoms with van der Waals surface area (Å²) >= 11 is 0. The van der Waals surface area contributed by atoms with E-state index in [0.29, 0.717) is 17.7 Å². The van der Waals surface area contributed by atoms with Crippen molar-refractivity contribution >= 4 is 5.91 Å². The van der Waals surface area contributed by atoms with Crippen LogP contribution in [0.3, 0.4) is 0 Å². The number of rotatable bonds is 4. The van der Waals surface area contributed by atoms with Gasteiger partial charge < -0.3 is 15.2 Å². The van der Waals surface area contributed by atoms with Crippen LogP contribution in [-0.4, -0.2) is 23.7 Å². The van der Waals surface area contributed by atoms with Gasteiger partial charge in [-0.2, -0.15) is 0 Å². The van der Waals surface area contributed by atoms with E-state index in [1.165, 1.54) is 24.3 Å². The van der Waals surface area contributed by atoms with E-state index >= 15 is 0 Å². The summed E-state index contributed by atoms with van der Waals surface area (Å²) in [4.78, 5) is 12.3. The molecule has 0 spiro atoms. The van der Waals surface area contributed by atoms with Crippen molar-refractivity contribution < 1.29 is 19.0 Å². The van der Waals surface area contributed by atoms with Gasteiger partial charge >= 0.3 is 0 Å². The second kappa shape index (κ2) is 6.38. The van der Waals surface area contributed by atoms with Crippen LogP contribution in [0, 0.1) is 5.82 Å². The van der Waals surface area contributed by atoms with Gasteiger partial charge in [0.2, 0.25) is 0 Å². The van der Waals surface area contributed by atoms with Crippen molar-refractivity contribution in [1.29, 1.82) is 0 Å². The van der Waals surface area contributed by atoms with Gasteiger partial charge in [-0.25, -0.2) is 4.39 Å². The lowest BCUT2D eigenvalue weighted by atomic mass is 10.0. The highest BCUT2D eigenvalue weighted by Crippen LogP contribution is 2.26. The van der Waals surface area contributed by atoms with Gasteiger partial charge in [0.15, 0.2) is 0 Å². The van der Waals surface area contributed by atoms with Gasteiger partial charge in [0.25, 0.3) is 5.91 Å². The van der Waals surface area contributed by atoms with Crippen molar-refractivity contribution in [1.82, 2.24) is 5.32 Å². The summed E-state index contributed by atoms with van der Waals surface area (Å²) in [6.07, 6.45) is -0.109. The Morgan fingerprint density at radius 2 is 2.00 bits per heavy atom. The Morgan fingerprint density at radius 3 is 2.74 bits per heavy atom. The Labute approximate surface area is 133 Å². The number of nitrogens with one attached hydrogen (secondary N) is 1. The van der Waals surface area contributed by atoms with Gasteiger partial charge in [-0.3, -0.25) is 4.79 Å². The summed E-state index contributed by atoms with van der Waals surface area (Å²) in [6.45, 7) is 2.35. The Hall–Kier alpha value is -2.40. The lowest BCUT2D eigenvalue weighted by Gasteiger charge is -2.21. The average molecular weight is 315 g/mol. The van der Waals surface area contributed by atoms with Crippen molar-refractivity contribution in [3.63, 3.8) is 0 Å². The number of halogens is 1. The van der Waals surface area contributed by atoms with Gasteiger partial charge in [0.05, 0.1) is 18.8 Å². The molecule has 0 unspecified atom stereocenters. The Kier molecular flexibility index (Phi) is 4.30. The number of hydrogen-bond acceptors (Lipinski definition) is 3. The van der Waals surface area contributed by atoms with Gasteiger partial charge in [-0.15, -0.1) is 0 Å². The molecule has 2 aromatic rings. The highest BCUT2D eigenvalue weighted by Gasteiger charge is 2.20. The Bertz CT molecular complexity index is 715. The Morgan fingerprint density at radius 1 is 1.26 bits per heavy atom. The van der Waals surface area contributed by atoms with E-state index < -0.39 is 12.1 Å². The largest absolute Gasteiger partial charge is 0.493 e. The van der Waals surface area contributed by atoms with Crippen LogP contribution in [0.1, 0.15) is 34.5 Å². The summed E-state index contributed by atoms with van der Waals surface area (Å²) in [5.41, 5.74) is 2.11. The number of aliphatic hydroxyl groups is 1. The van der Waals surface area contributed by atoms with E-state index in [1.807, 2.05) is 6.07 Å². The maximum Gasteiger partial charge on any atom is 0.251 e. The number of carbonyl (C=O) groups excluding carboxylic acids is 1. The molecule has 0 bridgehead atoms. The highest BCUT2D eigenvalue weighted by molar-refractivity contribution is 5.94. The van der Waals surface area contributed by atoms with Crippen LogP contribution < -0.4 is 10.1 Å². The van der Waals surface area contributed by atoms with Crippen LogP contribution >= 0.6 is 0 Å². The highest BCUT2D eigenvalue weighted by atomic mass is 19.1. The second-order valence-corrected chi connectivity index (χ2v) is 5.68. The fraction of sp³-hybridized carbons (Fsp3) is 0.278. The summed E-state index contributed by atoms with van der Waals surface area (Å²) in [6, 6.07) is 10.4. The number of aliphatic hydroxyl groups excluding tert-OH is 1. The normalized spacial score (nSPS) is 15.4. The quantitative estimate of drug-likeness (QED) is 0.912. The summed E-state index contributed by atoms with van der Waals surface area (Å²) in [7, 11) is 0. The zero-order valence-electron chi connectivity index (χ0n) is 12.8. The second-order valence-electron chi connectivity index (χ2n) is 5.68. The zero-order chi connectivity index (χ0) is 16.4. The predicted octanol–water partition coefficient (Wildman–Crippen LogP) is 2.61. The van der Waals surface area contributed by atoms with Crippen molar-refractivity contribution in [2.45, 2.75) is 25.5 Å². The van der Waals surface area contributed by atoms with Crippen LogP contribution in [0.5, 0.6) is 5.75 Å². The number of ether oxygens (including phenoxy) is 1. The van der Waals surface area contributed by atoms with Crippen molar-refractivity contribution in [3.05, 3.63) is 65.0 Å². The maximum absolute atomic E-state index is 12.9. The van der Waals surface area contributed by atoms with Crippen LogP contribution in [0.4, 0.5) is 4.39 Å². The molecule has 0 radical (unpaired) electrons. The first kappa shape index (κ1) is 15.5. The molecule has 1 aliphatic heterocycles. The smallest absolute Gasteiger partial charge is 0.251 e. The van der Waals surface area contributed by atoms with E-state index in [2.05, 4.69) is 5.32 Å². The fourth-order valence-electron chi connectivity index (χ4n) is 2.65. The molecule has 0 saturated heterocycles. The standard InChI is InChI=1S/C18H18FNO3/c1-11(17(21)12-2-5-15(19)6-3-12)20-18(22)14-4-7-16-13(10-14)8-9-23-16/h2-7,10-11,17,21H,8-9H2,1H3,(H,20,22)/t11-,17+/m0/s1. The monoisotopic (exact) mass is 315 g/mol. The maximum atomic E-state index is 12.9. The molecule has 3 rings (SSSR count). The topological polar surface area (TPSA) is 58.6 Å². The molecule has 0 aromatic heterocycles. The van der Waals surface area contributed by atoms with Crippen molar-refractivity contribution in [2.75, 3.05) is 6.61 Å². The Balaban J connectivity index is 1.68. The molecule has 0 fully saturated rings. The molecule has 5 heteroatoms. The molecule has 0 saturated carbocycles. The SMILES string of the molecule is C[C@H](NC(=O)c1ccc2c(c1)CCO2)[C@@H](O)c1ccc(F)cc1. The zero-order valence-corrected chi connectivity index (χ0v) is 12.8. The molecule has 4 nitrogen and oxygen atoms in total. The van der Waals surface area contributed by atoms with Crippen LogP contribution in [-0.2, 0) is 6.42 Å². The minimum absolute atomic E-state index is 0.256. The van der Waals surface area contributed by atoms with E-state index in [4.69, 9.17) is 4.74 Å². The van der Waals surface area contributed by atoms with Crippen LogP contribution in [0.25, 0.3) is 0 Å². The molecule has 120 valence electrons. The molecule has 0 aliphatic carbocycles. The molecule has 1 amide bonds. The summed E-state index contributed by atoms with van der Waals surface area (Å²) in [5, 5.41) is 13.1. The minimum atomic E-state index is -0.905. The van der Waals surface area contributed by atoms with E-state index in [1.54, 1.807) is 19.1 Å². The van der Waals surface area contributed by atoms with E-state index in [9.17, 15) is 14.3 Å². The van der Waals surface area contributed by atoms with Crippen molar-refractivity contribution in [2.24, 2.45) is 0 Å². The average Bonchev–Trinajstić information content (AvgIpc) is 3.02. The van der Waals surface area contributed by atoms with Crippen LogP contribution in [0.2, 0.25) is 0 Å². The van der Waals surface area contributed by atoms with Gasteiger partial charge in [-0.05, 0) is 48.4 Å². The molecule has 23 heavy (non-hydrogen) atoms.